The second-order valence-corrected chi connectivity index (χ2v) is 3.27. The molecule has 10 heavy (non-hydrogen) atoms. The van der Waals surface area contributed by atoms with Gasteiger partial charge in [0, 0.05) is 4.90 Å². The van der Waals surface area contributed by atoms with Crippen LogP contribution in [0.15, 0.2) is 35.2 Å². The first kappa shape index (κ1) is 7.63. The molecule has 1 nitrogen and oxygen atoms in total. The zero-order valence-corrected chi connectivity index (χ0v) is 6.65. The molecule has 1 rings (SSSR count). The van der Waals surface area contributed by atoms with Gasteiger partial charge in [-0.15, -0.1) is 0 Å². The Morgan fingerprint density at radius 2 is 1.90 bits per heavy atom. The number of carbonyl (C=O) groups is 1. The van der Waals surface area contributed by atoms with E-state index in [-0.39, 0.29) is 0 Å². The van der Waals surface area contributed by atoms with E-state index in [0.29, 0.717) is 0 Å². The minimum atomic E-state index is -0.397. The van der Waals surface area contributed by atoms with Gasteiger partial charge in [0.2, 0.25) is 0 Å². The number of carbonyl (C=O) groups excluding carboxylic acids is 1. The Kier molecular flexibility index (Phi) is 2.78. The van der Waals surface area contributed by atoms with Gasteiger partial charge >= 0.3 is 0 Å². The minimum Gasteiger partial charge on any atom is -0.268 e. The van der Waals surface area contributed by atoms with Crippen LogP contribution in [0.25, 0.3) is 0 Å². The van der Waals surface area contributed by atoms with Crippen LogP contribution in [0.5, 0.6) is 0 Å². The van der Waals surface area contributed by atoms with Gasteiger partial charge in [0.25, 0.3) is 4.57 Å². The fourth-order valence-corrected chi connectivity index (χ4v) is 1.33. The average molecular weight is 173 g/mol. The summed E-state index contributed by atoms with van der Waals surface area (Å²) in [5, 5.41) is 0. The van der Waals surface area contributed by atoms with Crippen molar-refractivity contribution in [1.29, 1.82) is 0 Å². The van der Waals surface area contributed by atoms with E-state index in [1.165, 1.54) is 0 Å². The van der Waals surface area contributed by atoms with E-state index < -0.39 is 4.57 Å². The van der Waals surface area contributed by atoms with Crippen LogP contribution in [-0.4, -0.2) is 4.57 Å². The standard InChI is InChI=1S/C7H5ClOS/c8-7(9)10-6-4-2-1-3-5-6/h1-5H. The lowest BCUT2D eigenvalue weighted by molar-refractivity contribution is 0.276. The van der Waals surface area contributed by atoms with Crippen LogP contribution in [0.4, 0.5) is 4.79 Å². The summed E-state index contributed by atoms with van der Waals surface area (Å²) in [5.41, 5.74) is 0. The summed E-state index contributed by atoms with van der Waals surface area (Å²) >= 11 is 6.16. The summed E-state index contributed by atoms with van der Waals surface area (Å²) in [6, 6.07) is 9.29. The Labute approximate surface area is 68.4 Å². The summed E-state index contributed by atoms with van der Waals surface area (Å²) in [7, 11) is 0. The van der Waals surface area contributed by atoms with Gasteiger partial charge in [-0.25, -0.2) is 0 Å². The summed E-state index contributed by atoms with van der Waals surface area (Å²) < 4.78 is -0.397. The molecule has 0 unspecified atom stereocenters. The van der Waals surface area contributed by atoms with E-state index in [1.807, 2.05) is 30.3 Å². The lowest BCUT2D eigenvalue weighted by atomic mass is 10.4. The number of hydrogen-bond donors (Lipinski definition) is 0. The topological polar surface area (TPSA) is 17.1 Å². The summed E-state index contributed by atoms with van der Waals surface area (Å²) in [6.45, 7) is 0. The van der Waals surface area contributed by atoms with Crippen molar-refractivity contribution in [3.63, 3.8) is 0 Å². The average Bonchev–Trinajstić information content (AvgIpc) is 1.88. The predicted octanol–water partition coefficient (Wildman–Crippen LogP) is 3.14. The number of halogens is 1. The third kappa shape index (κ3) is 2.42. The highest BCUT2D eigenvalue weighted by Crippen LogP contribution is 2.19. The smallest absolute Gasteiger partial charge is 0.268 e. The van der Waals surface area contributed by atoms with Crippen LogP contribution in [0.3, 0.4) is 0 Å². The van der Waals surface area contributed by atoms with Gasteiger partial charge in [0.1, 0.15) is 0 Å². The number of hydrogen-bond acceptors (Lipinski definition) is 2. The third-order valence-corrected chi connectivity index (χ3v) is 1.84. The zero-order chi connectivity index (χ0) is 7.40. The van der Waals surface area contributed by atoms with Crippen molar-refractivity contribution in [3.8, 4) is 0 Å². The fraction of sp³-hybridized carbons (Fsp3) is 0. The van der Waals surface area contributed by atoms with E-state index in [2.05, 4.69) is 0 Å². The molecule has 1 aromatic rings. The number of rotatable bonds is 1. The molecule has 0 aliphatic carbocycles. The molecule has 1 aromatic carbocycles. The predicted molar refractivity (Wildman–Crippen MR) is 43.5 cm³/mol. The van der Waals surface area contributed by atoms with Crippen molar-refractivity contribution in [2.45, 2.75) is 4.90 Å². The Balaban J connectivity index is 2.67. The molecule has 0 fully saturated rings. The van der Waals surface area contributed by atoms with Gasteiger partial charge in [0.15, 0.2) is 0 Å². The molecule has 0 bridgehead atoms. The highest BCUT2D eigenvalue weighted by atomic mass is 35.5. The zero-order valence-electron chi connectivity index (χ0n) is 5.08. The fourth-order valence-electron chi connectivity index (χ4n) is 0.581. The molecule has 0 saturated carbocycles. The minimum absolute atomic E-state index is 0.397. The van der Waals surface area contributed by atoms with E-state index in [4.69, 9.17) is 11.6 Å². The van der Waals surface area contributed by atoms with Crippen molar-refractivity contribution in [2.75, 3.05) is 0 Å². The van der Waals surface area contributed by atoms with Crippen molar-refractivity contribution >= 4 is 27.9 Å². The lowest BCUT2D eigenvalue weighted by Crippen LogP contribution is -1.72. The van der Waals surface area contributed by atoms with Gasteiger partial charge in [0.05, 0.1) is 0 Å². The molecule has 0 atom stereocenters. The molecular weight excluding hydrogens is 168 g/mol. The first-order valence-electron chi connectivity index (χ1n) is 2.71. The SMILES string of the molecule is O=C(Cl)Sc1ccccc1. The van der Waals surface area contributed by atoms with E-state index in [1.54, 1.807) is 0 Å². The molecular formula is C7H5ClOS. The molecule has 0 heterocycles. The Hall–Kier alpha value is -0.470. The first-order chi connectivity index (χ1) is 4.79. The lowest BCUT2D eigenvalue weighted by Gasteiger charge is -1.91. The van der Waals surface area contributed by atoms with Gasteiger partial charge in [-0.1, -0.05) is 18.2 Å². The second-order valence-electron chi connectivity index (χ2n) is 1.65. The molecule has 0 aliphatic rings. The van der Waals surface area contributed by atoms with Crippen molar-refractivity contribution < 1.29 is 4.79 Å². The van der Waals surface area contributed by atoms with Gasteiger partial charge in [-0.2, -0.15) is 0 Å². The second kappa shape index (κ2) is 3.64. The van der Waals surface area contributed by atoms with Crippen molar-refractivity contribution in [2.24, 2.45) is 0 Å². The Morgan fingerprint density at radius 1 is 1.30 bits per heavy atom. The van der Waals surface area contributed by atoms with Crippen LogP contribution in [0, 0.1) is 0 Å². The maximum atomic E-state index is 10.3. The molecule has 0 spiro atoms. The van der Waals surface area contributed by atoms with Crippen molar-refractivity contribution in [3.05, 3.63) is 30.3 Å². The van der Waals surface area contributed by atoms with Crippen molar-refractivity contribution in [1.82, 2.24) is 0 Å². The summed E-state index contributed by atoms with van der Waals surface area (Å²) in [4.78, 5) is 11.2. The molecule has 0 radical (unpaired) electrons. The Morgan fingerprint density at radius 3 is 2.40 bits per heavy atom. The highest BCUT2D eigenvalue weighted by Gasteiger charge is 1.96. The van der Waals surface area contributed by atoms with E-state index in [9.17, 15) is 4.79 Å². The quantitative estimate of drug-likeness (QED) is 0.478. The van der Waals surface area contributed by atoms with E-state index in [0.717, 1.165) is 16.7 Å². The highest BCUT2D eigenvalue weighted by molar-refractivity contribution is 8.16. The van der Waals surface area contributed by atoms with Crippen LogP contribution in [-0.2, 0) is 0 Å². The first-order valence-corrected chi connectivity index (χ1v) is 3.91. The van der Waals surface area contributed by atoms with Gasteiger partial charge in [-0.05, 0) is 35.5 Å². The van der Waals surface area contributed by atoms with Crippen LogP contribution in [0.2, 0.25) is 0 Å². The molecule has 52 valence electrons. The van der Waals surface area contributed by atoms with Crippen LogP contribution < -0.4 is 0 Å². The molecule has 3 heteroatoms. The number of benzene rings is 1. The monoisotopic (exact) mass is 172 g/mol. The summed E-state index contributed by atoms with van der Waals surface area (Å²) in [5.74, 6) is 0. The van der Waals surface area contributed by atoms with Crippen LogP contribution >= 0.6 is 23.4 Å². The van der Waals surface area contributed by atoms with Gasteiger partial charge in [-0.3, -0.25) is 4.79 Å². The normalized spacial score (nSPS) is 9.30. The molecule has 0 aliphatic heterocycles. The maximum Gasteiger partial charge on any atom is 0.284 e. The maximum absolute atomic E-state index is 10.3. The van der Waals surface area contributed by atoms with Crippen LogP contribution in [0.1, 0.15) is 0 Å². The van der Waals surface area contributed by atoms with Gasteiger partial charge < -0.3 is 0 Å². The summed E-state index contributed by atoms with van der Waals surface area (Å²) in [6.07, 6.45) is 0. The molecule has 0 saturated heterocycles. The Bertz CT molecular complexity index is 222. The molecule has 0 amide bonds. The van der Waals surface area contributed by atoms with E-state index >= 15 is 0 Å². The number of thioether (sulfide) groups is 1. The molecule has 0 aromatic heterocycles. The molecule has 0 N–H and O–H groups in total. The largest absolute Gasteiger partial charge is 0.284 e. The third-order valence-electron chi connectivity index (χ3n) is 0.941.